The number of phosphoric acid groups is 3. The van der Waals surface area contributed by atoms with Crippen LogP contribution in [0.3, 0.4) is 0 Å². The molecule has 0 fully saturated rings. The Morgan fingerprint density at radius 3 is 1.81 bits per heavy atom. The Balaban J connectivity index is 4.86. The Labute approximate surface area is 176 Å². The molecule has 3 unspecified atom stereocenters. The van der Waals surface area contributed by atoms with E-state index in [1.165, 1.54) is 6.92 Å². The Morgan fingerprint density at radius 1 is 0.839 bits per heavy atom. The molecule has 0 aliphatic carbocycles. The molecular formula is C12H25O16P3. The van der Waals surface area contributed by atoms with E-state index >= 15 is 0 Å². The smallest absolute Gasteiger partial charge is 0.481 e. The molecule has 0 radical (unpaired) electrons. The molecule has 0 saturated carbocycles. The summed E-state index contributed by atoms with van der Waals surface area (Å²) < 4.78 is 49.6. The zero-order valence-corrected chi connectivity index (χ0v) is 19.1. The molecule has 0 saturated heterocycles. The first-order valence-corrected chi connectivity index (χ1v) is 12.8. The quantitative estimate of drug-likeness (QED) is 0.111. The molecule has 16 nitrogen and oxygen atoms in total. The predicted octanol–water partition coefficient (Wildman–Crippen LogP) is 0.0199. The third-order valence-corrected chi connectivity index (χ3v) is 6.11. The van der Waals surface area contributed by atoms with Gasteiger partial charge in [0.25, 0.3) is 0 Å². The second-order valence-electron chi connectivity index (χ2n) is 6.87. The SMILES string of the molecule is CC(O)(CCOP(=O)(O)OP(=O)(O)O)CC(=O)OC(C)(CCOP(=O)(O)O)CC(=O)O. The number of carboxylic acids is 1. The molecule has 31 heavy (non-hydrogen) atoms. The Bertz CT molecular complexity index is 768. The minimum Gasteiger partial charge on any atom is -0.481 e. The van der Waals surface area contributed by atoms with Crippen LogP contribution in [0.15, 0.2) is 0 Å². The monoisotopic (exact) mass is 518 g/mol. The molecule has 0 aliphatic rings. The summed E-state index contributed by atoms with van der Waals surface area (Å²) in [5.74, 6) is -2.51. The zero-order chi connectivity index (χ0) is 24.7. The number of esters is 1. The van der Waals surface area contributed by atoms with Gasteiger partial charge in [-0.05, 0) is 13.8 Å². The Hall–Kier alpha value is -0.730. The molecule has 0 amide bonds. The number of carbonyl (C=O) groups is 2. The van der Waals surface area contributed by atoms with Crippen molar-refractivity contribution in [3.63, 3.8) is 0 Å². The van der Waals surface area contributed by atoms with Gasteiger partial charge in [-0.3, -0.25) is 18.6 Å². The van der Waals surface area contributed by atoms with E-state index in [4.69, 9.17) is 34.3 Å². The molecule has 0 aliphatic heterocycles. The number of phosphoric ester groups is 2. The van der Waals surface area contributed by atoms with Crippen molar-refractivity contribution in [2.24, 2.45) is 0 Å². The molecule has 0 aromatic carbocycles. The fourth-order valence-electron chi connectivity index (χ4n) is 2.12. The van der Waals surface area contributed by atoms with Gasteiger partial charge < -0.3 is 39.4 Å². The van der Waals surface area contributed by atoms with Gasteiger partial charge in [0, 0.05) is 12.8 Å². The van der Waals surface area contributed by atoms with Gasteiger partial charge in [-0.25, -0.2) is 13.7 Å². The van der Waals surface area contributed by atoms with E-state index in [1.807, 2.05) is 0 Å². The van der Waals surface area contributed by atoms with Crippen molar-refractivity contribution in [3.05, 3.63) is 0 Å². The van der Waals surface area contributed by atoms with Crippen LogP contribution < -0.4 is 0 Å². The highest BCUT2D eigenvalue weighted by molar-refractivity contribution is 7.60. The number of carboxylic acid groups (broad SMARTS) is 1. The van der Waals surface area contributed by atoms with Gasteiger partial charge in [0.05, 0.1) is 31.7 Å². The Kier molecular flexibility index (Phi) is 11.1. The molecule has 0 spiro atoms. The minimum absolute atomic E-state index is 0.408. The van der Waals surface area contributed by atoms with E-state index in [0.717, 1.165) is 6.92 Å². The summed E-state index contributed by atoms with van der Waals surface area (Å²) in [6, 6.07) is 0. The number of aliphatic hydroxyl groups is 1. The first-order valence-electron chi connectivity index (χ1n) is 8.24. The number of hydrogen-bond acceptors (Lipinski definition) is 10. The fourth-order valence-corrected chi connectivity index (χ4v) is 4.04. The average molecular weight is 518 g/mol. The van der Waals surface area contributed by atoms with Crippen molar-refractivity contribution in [1.29, 1.82) is 0 Å². The Morgan fingerprint density at radius 2 is 1.35 bits per heavy atom. The lowest BCUT2D eigenvalue weighted by Gasteiger charge is -2.30. The van der Waals surface area contributed by atoms with Crippen LogP contribution in [0, 0.1) is 0 Å². The maximum absolute atomic E-state index is 12.1. The van der Waals surface area contributed by atoms with Crippen molar-refractivity contribution < 1.29 is 76.1 Å². The van der Waals surface area contributed by atoms with Crippen molar-refractivity contribution >= 4 is 35.4 Å². The van der Waals surface area contributed by atoms with Crippen LogP contribution in [0.2, 0.25) is 0 Å². The van der Waals surface area contributed by atoms with Crippen LogP contribution in [0.5, 0.6) is 0 Å². The first-order chi connectivity index (χ1) is 13.6. The van der Waals surface area contributed by atoms with Crippen molar-refractivity contribution in [1.82, 2.24) is 0 Å². The van der Waals surface area contributed by atoms with Crippen LogP contribution in [0.4, 0.5) is 0 Å². The minimum atomic E-state index is -5.33. The van der Waals surface area contributed by atoms with Crippen molar-refractivity contribution in [3.8, 4) is 0 Å². The van der Waals surface area contributed by atoms with Gasteiger partial charge in [0.1, 0.15) is 5.60 Å². The lowest BCUT2D eigenvalue weighted by atomic mass is 9.96. The molecule has 184 valence electrons. The van der Waals surface area contributed by atoms with Crippen molar-refractivity contribution in [2.45, 2.75) is 50.7 Å². The second-order valence-corrected chi connectivity index (χ2v) is 10.9. The van der Waals surface area contributed by atoms with Gasteiger partial charge in [-0.1, -0.05) is 0 Å². The summed E-state index contributed by atoms with van der Waals surface area (Å²) in [5, 5.41) is 19.1. The highest BCUT2D eigenvalue weighted by Gasteiger charge is 2.36. The summed E-state index contributed by atoms with van der Waals surface area (Å²) in [6.45, 7) is 0.851. The standard InChI is InChI=1S/C12H25O16P3/c1-11(16,3-5-26-31(23,24)28-30(20,21)22)8-10(15)27-12(2,7-9(13)14)4-6-25-29(17,18)19/h16H,3-8H2,1-2H3,(H,13,14)(H,23,24)(H2,17,18,19)(H2,20,21,22). The topological polar surface area (TPSA) is 264 Å². The lowest BCUT2D eigenvalue weighted by molar-refractivity contribution is -0.168. The molecular weight excluding hydrogens is 493 g/mol. The normalized spacial score (nSPS) is 18.5. The summed E-state index contributed by atoms with van der Waals surface area (Å²) in [7, 11) is -15.3. The van der Waals surface area contributed by atoms with Gasteiger partial charge in [-0.2, -0.15) is 4.31 Å². The highest BCUT2D eigenvalue weighted by atomic mass is 31.3. The molecule has 0 aromatic rings. The number of ether oxygens (including phenoxy) is 1. The number of hydrogen-bond donors (Lipinski definition) is 7. The van der Waals surface area contributed by atoms with E-state index in [0.29, 0.717) is 0 Å². The summed E-state index contributed by atoms with van der Waals surface area (Å²) in [6.07, 6.45) is -2.43. The molecule has 0 rings (SSSR count). The van der Waals surface area contributed by atoms with Crippen LogP contribution in [-0.4, -0.2) is 71.0 Å². The lowest BCUT2D eigenvalue weighted by Crippen LogP contribution is -2.38. The molecule has 19 heteroatoms. The van der Waals surface area contributed by atoms with E-state index in [1.54, 1.807) is 0 Å². The van der Waals surface area contributed by atoms with E-state index in [2.05, 4.69) is 13.4 Å². The summed E-state index contributed by atoms with van der Waals surface area (Å²) in [5.41, 5.74) is -3.67. The van der Waals surface area contributed by atoms with Crippen LogP contribution in [-0.2, 0) is 41.4 Å². The summed E-state index contributed by atoms with van der Waals surface area (Å²) in [4.78, 5) is 66.5. The number of rotatable bonds is 15. The molecule has 0 heterocycles. The van der Waals surface area contributed by atoms with Gasteiger partial charge in [0.15, 0.2) is 0 Å². The van der Waals surface area contributed by atoms with Gasteiger partial charge in [0.2, 0.25) is 0 Å². The molecule has 3 atom stereocenters. The largest absolute Gasteiger partial charge is 0.481 e. The average Bonchev–Trinajstić information content (AvgIpc) is 2.39. The number of aliphatic carboxylic acids is 1. The third-order valence-electron chi connectivity index (χ3n) is 3.41. The van der Waals surface area contributed by atoms with Crippen molar-refractivity contribution in [2.75, 3.05) is 13.2 Å². The first kappa shape index (κ1) is 30.3. The van der Waals surface area contributed by atoms with Crippen LogP contribution in [0.25, 0.3) is 0 Å². The fraction of sp³-hybridized carbons (Fsp3) is 0.833. The van der Waals surface area contributed by atoms with Crippen LogP contribution >= 0.6 is 23.5 Å². The highest BCUT2D eigenvalue weighted by Crippen LogP contribution is 2.57. The van der Waals surface area contributed by atoms with E-state index in [9.17, 15) is 28.4 Å². The molecule has 0 bridgehead atoms. The van der Waals surface area contributed by atoms with E-state index in [-0.39, 0.29) is 0 Å². The zero-order valence-electron chi connectivity index (χ0n) is 16.4. The van der Waals surface area contributed by atoms with Gasteiger partial charge >= 0.3 is 35.4 Å². The van der Waals surface area contributed by atoms with E-state index < -0.39 is 85.5 Å². The maximum Gasteiger partial charge on any atom is 0.481 e. The van der Waals surface area contributed by atoms with Gasteiger partial charge in [-0.15, -0.1) is 0 Å². The number of carbonyl (C=O) groups excluding carboxylic acids is 1. The second kappa shape index (κ2) is 11.4. The maximum atomic E-state index is 12.1. The molecule has 7 N–H and O–H groups in total. The molecule has 0 aromatic heterocycles. The van der Waals surface area contributed by atoms with Crippen LogP contribution in [0.1, 0.15) is 39.5 Å². The summed E-state index contributed by atoms with van der Waals surface area (Å²) >= 11 is 0. The third kappa shape index (κ3) is 16.5. The predicted molar refractivity (Wildman–Crippen MR) is 98.1 cm³/mol.